The molecule has 0 unspecified atom stereocenters. The second-order valence-electron chi connectivity index (χ2n) is 4.95. The SMILES string of the molecule is Cc1ncc(CO)c([C@H](CC#N)N2CCNCC2)c1O. The Kier molecular flexibility index (Phi) is 4.90. The van der Waals surface area contributed by atoms with Crippen LogP contribution in [0.5, 0.6) is 5.75 Å². The lowest BCUT2D eigenvalue weighted by atomic mass is 9.96. The summed E-state index contributed by atoms with van der Waals surface area (Å²) in [5.74, 6) is 0.0929. The van der Waals surface area contributed by atoms with Crippen LogP contribution < -0.4 is 5.32 Å². The highest BCUT2D eigenvalue weighted by atomic mass is 16.3. The fourth-order valence-electron chi connectivity index (χ4n) is 2.64. The van der Waals surface area contributed by atoms with Gasteiger partial charge in [-0.2, -0.15) is 5.26 Å². The Morgan fingerprint density at radius 2 is 2.20 bits per heavy atom. The number of piperazine rings is 1. The summed E-state index contributed by atoms with van der Waals surface area (Å²) in [6.45, 7) is 4.89. The van der Waals surface area contributed by atoms with E-state index in [1.165, 1.54) is 0 Å². The Labute approximate surface area is 118 Å². The van der Waals surface area contributed by atoms with Crippen LogP contribution in [0.25, 0.3) is 0 Å². The minimum Gasteiger partial charge on any atom is -0.506 e. The first-order chi connectivity index (χ1) is 9.69. The Morgan fingerprint density at radius 1 is 1.50 bits per heavy atom. The molecule has 1 aromatic rings. The monoisotopic (exact) mass is 276 g/mol. The quantitative estimate of drug-likeness (QED) is 0.739. The fraction of sp³-hybridized carbons (Fsp3) is 0.571. The van der Waals surface area contributed by atoms with Crippen molar-refractivity contribution in [1.29, 1.82) is 5.26 Å². The number of nitrogens with one attached hydrogen (secondary N) is 1. The molecule has 2 rings (SSSR count). The van der Waals surface area contributed by atoms with E-state index in [9.17, 15) is 10.2 Å². The van der Waals surface area contributed by atoms with Gasteiger partial charge in [0.2, 0.25) is 0 Å². The summed E-state index contributed by atoms with van der Waals surface area (Å²) in [6, 6.07) is 1.98. The average molecular weight is 276 g/mol. The number of aromatic nitrogens is 1. The Morgan fingerprint density at radius 3 is 2.80 bits per heavy atom. The highest BCUT2D eigenvalue weighted by molar-refractivity contribution is 5.43. The van der Waals surface area contributed by atoms with E-state index in [1.54, 1.807) is 13.1 Å². The van der Waals surface area contributed by atoms with Crippen LogP contribution in [0.2, 0.25) is 0 Å². The van der Waals surface area contributed by atoms with Gasteiger partial charge in [-0.3, -0.25) is 9.88 Å². The summed E-state index contributed by atoms with van der Waals surface area (Å²) in [7, 11) is 0. The highest BCUT2D eigenvalue weighted by Gasteiger charge is 2.27. The molecule has 1 atom stereocenters. The van der Waals surface area contributed by atoms with Gasteiger partial charge in [0.05, 0.1) is 30.8 Å². The maximum atomic E-state index is 10.3. The first-order valence-corrected chi connectivity index (χ1v) is 6.79. The molecule has 6 heteroatoms. The van der Waals surface area contributed by atoms with Gasteiger partial charge in [-0.1, -0.05) is 0 Å². The van der Waals surface area contributed by atoms with Gasteiger partial charge >= 0.3 is 0 Å². The molecule has 0 bridgehead atoms. The van der Waals surface area contributed by atoms with Crippen LogP contribution in [-0.2, 0) is 6.61 Å². The average Bonchev–Trinajstić information content (AvgIpc) is 2.49. The lowest BCUT2D eigenvalue weighted by Gasteiger charge is -2.35. The van der Waals surface area contributed by atoms with Crippen molar-refractivity contribution in [3.05, 3.63) is 23.0 Å². The van der Waals surface area contributed by atoms with Crippen molar-refractivity contribution in [2.24, 2.45) is 0 Å². The number of aliphatic hydroxyl groups excluding tert-OH is 1. The van der Waals surface area contributed by atoms with Crippen molar-refractivity contribution < 1.29 is 10.2 Å². The largest absolute Gasteiger partial charge is 0.506 e. The Bertz CT molecular complexity index is 507. The van der Waals surface area contributed by atoms with Crippen LogP contribution in [0, 0.1) is 18.3 Å². The van der Waals surface area contributed by atoms with Crippen LogP contribution in [0.4, 0.5) is 0 Å². The maximum Gasteiger partial charge on any atom is 0.141 e. The lowest BCUT2D eigenvalue weighted by Crippen LogP contribution is -2.45. The van der Waals surface area contributed by atoms with Crippen LogP contribution in [0.15, 0.2) is 6.20 Å². The van der Waals surface area contributed by atoms with Gasteiger partial charge in [0, 0.05) is 43.5 Å². The molecule has 1 fully saturated rings. The molecular weight excluding hydrogens is 256 g/mol. The van der Waals surface area contributed by atoms with E-state index >= 15 is 0 Å². The zero-order valence-corrected chi connectivity index (χ0v) is 11.6. The minimum absolute atomic E-state index is 0.0929. The molecule has 3 N–H and O–H groups in total. The van der Waals surface area contributed by atoms with Gasteiger partial charge in [-0.15, -0.1) is 0 Å². The summed E-state index contributed by atoms with van der Waals surface area (Å²) in [6.07, 6.45) is 1.86. The third kappa shape index (κ3) is 2.90. The van der Waals surface area contributed by atoms with Crippen LogP contribution in [-0.4, -0.2) is 46.3 Å². The number of aryl methyl sites for hydroxylation is 1. The van der Waals surface area contributed by atoms with Crippen LogP contribution >= 0.6 is 0 Å². The Balaban J connectivity index is 2.42. The molecule has 2 heterocycles. The standard InChI is InChI=1S/C14H20N4O2/c1-10-14(20)13(11(9-19)8-17-10)12(2-3-15)18-6-4-16-5-7-18/h8,12,16,19-20H,2,4-7,9H2,1H3/t12-/m0/s1. The minimum atomic E-state index is -0.203. The number of nitrogens with zero attached hydrogens (tertiary/aromatic N) is 3. The number of aliphatic hydroxyl groups is 1. The van der Waals surface area contributed by atoms with E-state index in [1.807, 2.05) is 0 Å². The third-order valence-electron chi connectivity index (χ3n) is 3.74. The smallest absolute Gasteiger partial charge is 0.141 e. The first-order valence-electron chi connectivity index (χ1n) is 6.79. The summed E-state index contributed by atoms with van der Waals surface area (Å²) >= 11 is 0. The van der Waals surface area contributed by atoms with Crippen molar-refractivity contribution in [3.63, 3.8) is 0 Å². The van der Waals surface area contributed by atoms with E-state index < -0.39 is 0 Å². The molecular formula is C14H20N4O2. The van der Waals surface area contributed by atoms with Crippen molar-refractivity contribution in [2.75, 3.05) is 26.2 Å². The number of nitriles is 1. The van der Waals surface area contributed by atoms with Gasteiger partial charge < -0.3 is 15.5 Å². The fourth-order valence-corrected chi connectivity index (χ4v) is 2.64. The molecule has 1 saturated heterocycles. The second-order valence-corrected chi connectivity index (χ2v) is 4.95. The molecule has 0 aromatic carbocycles. The second kappa shape index (κ2) is 6.66. The normalized spacial score (nSPS) is 17.6. The van der Waals surface area contributed by atoms with E-state index in [-0.39, 0.29) is 24.8 Å². The molecule has 0 radical (unpaired) electrons. The number of rotatable bonds is 4. The summed E-state index contributed by atoms with van der Waals surface area (Å²) in [5, 5.41) is 32.2. The van der Waals surface area contributed by atoms with Crippen molar-refractivity contribution >= 4 is 0 Å². The molecule has 0 saturated carbocycles. The molecule has 1 aliphatic rings. The molecule has 0 aliphatic carbocycles. The number of hydrogen-bond acceptors (Lipinski definition) is 6. The zero-order chi connectivity index (χ0) is 14.5. The summed E-state index contributed by atoms with van der Waals surface area (Å²) in [4.78, 5) is 6.25. The topological polar surface area (TPSA) is 92.4 Å². The molecule has 6 nitrogen and oxygen atoms in total. The summed E-state index contributed by atoms with van der Waals surface area (Å²) in [5.41, 5.74) is 1.76. The van der Waals surface area contributed by atoms with Crippen LogP contribution in [0.1, 0.15) is 29.3 Å². The third-order valence-corrected chi connectivity index (χ3v) is 3.74. The Hall–Kier alpha value is -1.68. The van der Waals surface area contributed by atoms with E-state index in [2.05, 4.69) is 21.3 Å². The summed E-state index contributed by atoms with van der Waals surface area (Å²) < 4.78 is 0. The first kappa shape index (κ1) is 14.7. The number of aromatic hydroxyl groups is 1. The van der Waals surface area contributed by atoms with Gasteiger partial charge in [-0.05, 0) is 6.92 Å². The van der Waals surface area contributed by atoms with E-state index in [4.69, 9.17) is 5.26 Å². The molecule has 1 aliphatic heterocycles. The van der Waals surface area contributed by atoms with E-state index in [0.29, 0.717) is 16.8 Å². The molecule has 108 valence electrons. The van der Waals surface area contributed by atoms with Gasteiger partial charge in [0.15, 0.2) is 0 Å². The molecule has 0 spiro atoms. The predicted octanol–water partition coefficient (Wildman–Crippen LogP) is 0.448. The van der Waals surface area contributed by atoms with Crippen molar-refractivity contribution in [1.82, 2.24) is 15.2 Å². The molecule has 1 aromatic heterocycles. The van der Waals surface area contributed by atoms with E-state index in [0.717, 1.165) is 26.2 Å². The van der Waals surface area contributed by atoms with Gasteiger partial charge in [-0.25, -0.2) is 0 Å². The molecule has 20 heavy (non-hydrogen) atoms. The molecule has 0 amide bonds. The highest BCUT2D eigenvalue weighted by Crippen LogP contribution is 2.35. The predicted molar refractivity (Wildman–Crippen MR) is 74.0 cm³/mol. The lowest BCUT2D eigenvalue weighted by molar-refractivity contribution is 0.169. The zero-order valence-electron chi connectivity index (χ0n) is 11.6. The number of hydrogen-bond donors (Lipinski definition) is 3. The van der Waals surface area contributed by atoms with Gasteiger partial charge in [0.25, 0.3) is 0 Å². The van der Waals surface area contributed by atoms with Crippen LogP contribution in [0.3, 0.4) is 0 Å². The number of pyridine rings is 1. The van der Waals surface area contributed by atoms with Crippen molar-refractivity contribution in [2.45, 2.75) is 26.0 Å². The van der Waals surface area contributed by atoms with Gasteiger partial charge in [0.1, 0.15) is 5.75 Å². The van der Waals surface area contributed by atoms with Crippen molar-refractivity contribution in [3.8, 4) is 11.8 Å². The maximum absolute atomic E-state index is 10.3.